The molecule has 2 aromatic rings. The molecule has 0 fully saturated rings. The summed E-state index contributed by atoms with van der Waals surface area (Å²) in [6.07, 6.45) is 1.78. The van der Waals surface area contributed by atoms with Crippen LogP contribution < -0.4 is 5.32 Å². The molecule has 0 aliphatic carbocycles. The summed E-state index contributed by atoms with van der Waals surface area (Å²) in [6.45, 7) is 4.21. The molecule has 0 saturated carbocycles. The van der Waals surface area contributed by atoms with Crippen LogP contribution in [0.3, 0.4) is 0 Å². The fourth-order valence-corrected chi connectivity index (χ4v) is 4.72. The number of hydrogen-bond acceptors (Lipinski definition) is 6. The lowest BCUT2D eigenvalue weighted by Gasteiger charge is -2.16. The molecule has 1 aromatic heterocycles. The van der Waals surface area contributed by atoms with Crippen LogP contribution in [0.2, 0.25) is 5.15 Å². The van der Waals surface area contributed by atoms with Gasteiger partial charge in [-0.2, -0.15) is 0 Å². The molecule has 2 heterocycles. The lowest BCUT2D eigenvalue weighted by Crippen LogP contribution is -2.12. The minimum atomic E-state index is -3.15. The summed E-state index contributed by atoms with van der Waals surface area (Å²) >= 11 is 5.86. The Labute approximate surface area is 168 Å². The predicted octanol–water partition coefficient (Wildman–Crippen LogP) is 4.94. The van der Waals surface area contributed by atoms with E-state index in [4.69, 9.17) is 20.6 Å². The number of carbonyl (C=O) groups excluding carboxylic acids is 1. The fourth-order valence-electron chi connectivity index (χ4n) is 2.87. The van der Waals surface area contributed by atoms with Crippen molar-refractivity contribution in [2.24, 2.45) is 4.99 Å². The first kappa shape index (κ1) is 20.7. The predicted molar refractivity (Wildman–Crippen MR) is 110 cm³/mol. The molecule has 0 bridgehead atoms. The number of benzene rings is 1. The van der Waals surface area contributed by atoms with Crippen LogP contribution in [0, 0.1) is 0 Å². The van der Waals surface area contributed by atoms with Gasteiger partial charge in [-0.3, -0.25) is 14.4 Å². The van der Waals surface area contributed by atoms with Crippen molar-refractivity contribution in [3.8, 4) is 0 Å². The minimum Gasteiger partial charge on any atom is -0.310 e. The van der Waals surface area contributed by atoms with Crippen LogP contribution in [0.25, 0.3) is 0 Å². The number of amides is 1. The standard InChI is InChI=1S/C19H21ClN3O4P/c1-3-26-28(25,27-4-2)12-13-5-7-14(8-6-13)21-11-16-15-9-10-17(20)22-18(15)23-19(16)24/h5-11,16H,3-4,12H2,1-2H3,(H,22,23,24). The highest BCUT2D eigenvalue weighted by molar-refractivity contribution is 7.53. The van der Waals surface area contributed by atoms with Gasteiger partial charge in [0.25, 0.3) is 0 Å². The maximum Gasteiger partial charge on any atom is 0.335 e. The number of fused-ring (bicyclic) bond motifs is 1. The number of aromatic nitrogens is 1. The lowest BCUT2D eigenvalue weighted by atomic mass is 10.0. The number of aliphatic imine (C=N–C) groups is 1. The van der Waals surface area contributed by atoms with Crippen molar-refractivity contribution in [3.05, 3.63) is 52.7 Å². The smallest absolute Gasteiger partial charge is 0.310 e. The van der Waals surface area contributed by atoms with Gasteiger partial charge >= 0.3 is 7.60 Å². The van der Waals surface area contributed by atoms with Crippen LogP contribution in [0.1, 0.15) is 30.9 Å². The number of nitrogens with one attached hydrogen (secondary N) is 1. The fraction of sp³-hybridized carbons (Fsp3) is 0.316. The molecule has 0 radical (unpaired) electrons. The summed E-state index contributed by atoms with van der Waals surface area (Å²) in [5.74, 6) is -0.248. The molecule has 1 aromatic carbocycles. The van der Waals surface area contributed by atoms with Crippen molar-refractivity contribution in [2.75, 3.05) is 18.5 Å². The van der Waals surface area contributed by atoms with Crippen molar-refractivity contribution >= 4 is 42.8 Å². The van der Waals surface area contributed by atoms with E-state index in [1.807, 2.05) is 12.1 Å². The molecule has 9 heteroatoms. The van der Waals surface area contributed by atoms with Crippen LogP contribution in [0.4, 0.5) is 11.5 Å². The number of halogens is 1. The summed E-state index contributed by atoms with van der Waals surface area (Å²) in [6, 6.07) is 10.6. The van der Waals surface area contributed by atoms with Gasteiger partial charge in [0, 0.05) is 11.8 Å². The second-order valence-corrected chi connectivity index (χ2v) is 8.53. The van der Waals surface area contributed by atoms with E-state index in [0.717, 1.165) is 11.1 Å². The molecule has 1 aliphatic rings. The quantitative estimate of drug-likeness (QED) is 0.370. The van der Waals surface area contributed by atoms with Crippen LogP contribution in [0.5, 0.6) is 0 Å². The van der Waals surface area contributed by atoms with Crippen molar-refractivity contribution in [2.45, 2.75) is 25.9 Å². The van der Waals surface area contributed by atoms with Gasteiger partial charge in [0.1, 0.15) is 16.9 Å². The maximum absolute atomic E-state index is 12.6. The zero-order chi connectivity index (χ0) is 20.1. The van der Waals surface area contributed by atoms with E-state index >= 15 is 0 Å². The first-order chi connectivity index (χ1) is 13.4. The van der Waals surface area contributed by atoms with Crippen molar-refractivity contribution < 1.29 is 18.4 Å². The van der Waals surface area contributed by atoms with Crippen molar-refractivity contribution in [3.63, 3.8) is 0 Å². The third-order valence-corrected chi connectivity index (χ3v) is 6.35. The molecule has 0 saturated heterocycles. The number of hydrogen-bond donors (Lipinski definition) is 1. The molecule has 0 spiro atoms. The molecule has 1 atom stereocenters. The average molecular weight is 422 g/mol. The summed E-state index contributed by atoms with van der Waals surface area (Å²) in [7, 11) is -3.15. The topological polar surface area (TPSA) is 89.9 Å². The molecular formula is C19H21ClN3O4P. The van der Waals surface area contributed by atoms with Gasteiger partial charge in [-0.1, -0.05) is 29.8 Å². The maximum atomic E-state index is 12.6. The molecule has 1 aliphatic heterocycles. The Hall–Kier alpha value is -2.05. The number of nitrogens with zero attached hydrogens (tertiary/aromatic N) is 2. The van der Waals surface area contributed by atoms with E-state index in [9.17, 15) is 9.36 Å². The molecule has 7 nitrogen and oxygen atoms in total. The zero-order valence-corrected chi connectivity index (χ0v) is 17.2. The SMILES string of the molecule is CCOP(=O)(Cc1ccc(N=CC2C(=O)Nc3nc(Cl)ccc32)cc1)OCC. The zero-order valence-electron chi connectivity index (χ0n) is 15.6. The Morgan fingerprint density at radius 2 is 1.86 bits per heavy atom. The molecule has 1 amide bonds. The lowest BCUT2D eigenvalue weighted by molar-refractivity contribution is -0.115. The first-order valence-corrected chi connectivity index (χ1v) is 11.0. The number of pyridine rings is 1. The van der Waals surface area contributed by atoms with Crippen LogP contribution in [-0.2, 0) is 24.6 Å². The highest BCUT2D eigenvalue weighted by atomic mass is 35.5. The second-order valence-electron chi connectivity index (χ2n) is 6.09. The highest BCUT2D eigenvalue weighted by Gasteiger charge is 2.30. The Kier molecular flexibility index (Phi) is 6.62. The third-order valence-electron chi connectivity index (χ3n) is 4.09. The summed E-state index contributed by atoms with van der Waals surface area (Å²) in [5.41, 5.74) is 2.24. The first-order valence-electron chi connectivity index (χ1n) is 8.92. The van der Waals surface area contributed by atoms with E-state index in [0.29, 0.717) is 29.9 Å². The van der Waals surface area contributed by atoms with E-state index in [-0.39, 0.29) is 12.1 Å². The van der Waals surface area contributed by atoms with E-state index in [1.54, 1.807) is 44.3 Å². The number of anilines is 1. The van der Waals surface area contributed by atoms with Gasteiger partial charge in [-0.05, 0) is 37.6 Å². The minimum absolute atomic E-state index is 0.195. The molecule has 1 N–H and O–H groups in total. The summed E-state index contributed by atoms with van der Waals surface area (Å²) in [5, 5.41) is 3.02. The van der Waals surface area contributed by atoms with Crippen LogP contribution in [0.15, 0.2) is 41.4 Å². The molecule has 1 unspecified atom stereocenters. The van der Waals surface area contributed by atoms with E-state index in [1.165, 1.54) is 0 Å². The van der Waals surface area contributed by atoms with Gasteiger partial charge in [-0.15, -0.1) is 0 Å². The third kappa shape index (κ3) is 4.86. The molecule has 28 heavy (non-hydrogen) atoms. The Morgan fingerprint density at radius 3 is 2.50 bits per heavy atom. The van der Waals surface area contributed by atoms with Gasteiger partial charge in [0.05, 0.1) is 25.1 Å². The summed E-state index contributed by atoms with van der Waals surface area (Å²) < 4.78 is 23.2. The summed E-state index contributed by atoms with van der Waals surface area (Å²) in [4.78, 5) is 20.7. The van der Waals surface area contributed by atoms with Gasteiger partial charge in [0.2, 0.25) is 5.91 Å². The molecule has 148 valence electrons. The monoisotopic (exact) mass is 421 g/mol. The number of rotatable bonds is 8. The normalized spacial score (nSPS) is 16.4. The van der Waals surface area contributed by atoms with Crippen molar-refractivity contribution in [1.29, 1.82) is 0 Å². The van der Waals surface area contributed by atoms with Crippen molar-refractivity contribution in [1.82, 2.24) is 4.98 Å². The molecule has 3 rings (SSSR count). The second kappa shape index (κ2) is 8.97. The molecular weight excluding hydrogens is 401 g/mol. The van der Waals surface area contributed by atoms with Gasteiger partial charge in [-0.25, -0.2) is 4.98 Å². The Balaban J connectivity index is 1.71. The van der Waals surface area contributed by atoms with Gasteiger partial charge < -0.3 is 14.4 Å². The van der Waals surface area contributed by atoms with E-state index in [2.05, 4.69) is 15.3 Å². The Bertz CT molecular complexity index is 923. The van der Waals surface area contributed by atoms with E-state index < -0.39 is 13.5 Å². The van der Waals surface area contributed by atoms with Crippen LogP contribution in [-0.4, -0.2) is 30.3 Å². The largest absolute Gasteiger partial charge is 0.335 e. The van der Waals surface area contributed by atoms with Gasteiger partial charge in [0.15, 0.2) is 0 Å². The van der Waals surface area contributed by atoms with Crippen LogP contribution >= 0.6 is 19.2 Å². The highest BCUT2D eigenvalue weighted by Crippen LogP contribution is 2.51. The average Bonchev–Trinajstić information content (AvgIpc) is 2.95. The number of carbonyl (C=O) groups is 1. The Morgan fingerprint density at radius 1 is 1.18 bits per heavy atom.